The first-order valence-corrected chi connectivity index (χ1v) is 15.5. The predicted octanol–water partition coefficient (Wildman–Crippen LogP) is 6.93. The van der Waals surface area contributed by atoms with Gasteiger partial charge >= 0.3 is 0 Å². The molecule has 7 heteroatoms. The van der Waals surface area contributed by atoms with Gasteiger partial charge in [-0.1, -0.05) is 63.2 Å². The molecule has 0 amide bonds. The molecule has 5 aromatic carbocycles. The molecule has 0 saturated heterocycles. The van der Waals surface area contributed by atoms with Crippen molar-refractivity contribution in [1.82, 2.24) is 14.1 Å². The predicted molar refractivity (Wildman–Crippen MR) is 184 cm³/mol. The lowest BCUT2D eigenvalue weighted by Crippen LogP contribution is -3.00. The quantitative estimate of drug-likeness (QED) is 0.211. The van der Waals surface area contributed by atoms with Gasteiger partial charge in [0.2, 0.25) is 6.33 Å². The van der Waals surface area contributed by atoms with Crippen LogP contribution in [0.4, 0.5) is 0 Å². The van der Waals surface area contributed by atoms with E-state index in [1.165, 1.54) is 10.9 Å². The normalized spacial score (nSPS) is 12.0. The molecule has 0 radical (unpaired) electrons. The molecule has 9 rings (SSSR count). The van der Waals surface area contributed by atoms with Gasteiger partial charge < -0.3 is 21.6 Å². The van der Waals surface area contributed by atoms with Gasteiger partial charge in [-0.15, -0.1) is 0 Å². The highest BCUT2D eigenvalue weighted by molar-refractivity contribution is 6.10. The Balaban J connectivity index is 0.00000324. The van der Waals surface area contributed by atoms with Gasteiger partial charge in [0, 0.05) is 52.0 Å². The van der Waals surface area contributed by atoms with Gasteiger partial charge in [0.1, 0.15) is 34.2 Å². The SMILES string of the molecule is CC(C)(C)c1ccnc(-n2c3ccccc3c3ccc(Oc4cccc(-n5c[nH+]c6cc7c(cc65)oc5ccccc57)c4)cc32)c1.[Cl-]. The first-order chi connectivity index (χ1) is 22.4. The summed E-state index contributed by atoms with van der Waals surface area (Å²) in [4.78, 5) is 8.26. The number of para-hydroxylation sites is 2. The van der Waals surface area contributed by atoms with E-state index < -0.39 is 0 Å². The molecule has 0 aliphatic heterocycles. The van der Waals surface area contributed by atoms with Gasteiger partial charge in [0.15, 0.2) is 11.0 Å². The lowest BCUT2D eigenvalue weighted by Gasteiger charge is -2.20. The number of fused-ring (bicyclic) bond motifs is 7. The van der Waals surface area contributed by atoms with Crippen molar-refractivity contribution in [2.45, 2.75) is 26.2 Å². The first-order valence-electron chi connectivity index (χ1n) is 15.5. The molecule has 0 bridgehead atoms. The summed E-state index contributed by atoms with van der Waals surface area (Å²) in [5.74, 6) is 2.40. The van der Waals surface area contributed by atoms with Crippen molar-refractivity contribution < 1.29 is 26.5 Å². The molecule has 0 atom stereocenters. The largest absolute Gasteiger partial charge is 1.00 e. The summed E-state index contributed by atoms with van der Waals surface area (Å²) < 4.78 is 17.1. The fraction of sp³-hybridized carbons (Fsp3) is 0.100. The van der Waals surface area contributed by atoms with E-state index in [9.17, 15) is 0 Å². The molecule has 0 spiro atoms. The maximum Gasteiger partial charge on any atom is 0.247 e. The van der Waals surface area contributed by atoms with Crippen molar-refractivity contribution >= 4 is 54.8 Å². The average molecular weight is 635 g/mol. The van der Waals surface area contributed by atoms with Crippen molar-refractivity contribution in [3.63, 3.8) is 0 Å². The molecule has 4 heterocycles. The van der Waals surface area contributed by atoms with Crippen LogP contribution in [0, 0.1) is 0 Å². The van der Waals surface area contributed by atoms with E-state index in [0.717, 1.165) is 72.4 Å². The number of aromatic amines is 1. The standard InChI is InChI=1S/C40H30N4O2.ClH/c1-40(2,3)25-17-18-41-39(19-25)44-34-13-6-4-11-29(34)30-16-15-28(21-35(30)44)45-27-10-8-9-26(20-27)43-24-42-33-22-32-31-12-5-7-14-37(31)46-38(32)23-36(33)43;/h4-24H,1-3H3;1H. The number of nitrogens with one attached hydrogen (secondary N) is 1. The number of nitrogens with zero attached hydrogens (tertiary/aromatic N) is 3. The molecule has 4 aromatic heterocycles. The van der Waals surface area contributed by atoms with Crippen LogP contribution in [-0.4, -0.2) is 14.1 Å². The van der Waals surface area contributed by atoms with E-state index in [0.29, 0.717) is 0 Å². The van der Waals surface area contributed by atoms with Crippen molar-refractivity contribution in [2.75, 3.05) is 0 Å². The Morgan fingerprint density at radius 3 is 2.32 bits per heavy atom. The minimum atomic E-state index is 0. The Bertz CT molecular complexity index is 2620. The number of benzene rings is 5. The summed E-state index contributed by atoms with van der Waals surface area (Å²) in [6.07, 6.45) is 3.89. The summed E-state index contributed by atoms with van der Waals surface area (Å²) in [5, 5.41) is 4.56. The highest BCUT2D eigenvalue weighted by Crippen LogP contribution is 2.37. The van der Waals surface area contributed by atoms with Crippen LogP contribution in [0.3, 0.4) is 0 Å². The molecular formula is C40H31ClN4O2. The van der Waals surface area contributed by atoms with E-state index in [2.05, 4.69) is 114 Å². The maximum atomic E-state index is 6.54. The summed E-state index contributed by atoms with van der Waals surface area (Å²) in [6, 6.07) is 39.7. The monoisotopic (exact) mass is 634 g/mol. The molecule has 9 aromatic rings. The zero-order valence-corrected chi connectivity index (χ0v) is 26.9. The number of imidazole rings is 1. The molecule has 0 saturated carbocycles. The van der Waals surface area contributed by atoms with Crippen LogP contribution in [-0.2, 0) is 5.41 Å². The number of ether oxygens (including phenoxy) is 1. The number of H-pyrrole nitrogens is 1. The highest BCUT2D eigenvalue weighted by atomic mass is 35.5. The first kappa shape index (κ1) is 28.9. The number of hydrogen-bond acceptors (Lipinski definition) is 3. The van der Waals surface area contributed by atoms with Crippen LogP contribution in [0.5, 0.6) is 11.5 Å². The number of rotatable bonds is 4. The second-order valence-corrected chi connectivity index (χ2v) is 12.9. The molecule has 47 heavy (non-hydrogen) atoms. The smallest absolute Gasteiger partial charge is 0.247 e. The minimum absolute atomic E-state index is 0. The van der Waals surface area contributed by atoms with Gasteiger partial charge in [-0.25, -0.2) is 9.97 Å². The molecule has 0 aliphatic carbocycles. The third kappa shape index (κ3) is 4.72. The summed E-state index contributed by atoms with van der Waals surface area (Å²) in [6.45, 7) is 6.68. The topological polar surface area (TPSA) is 59.3 Å². The Hall–Kier alpha value is -5.59. The van der Waals surface area contributed by atoms with Crippen LogP contribution in [0.25, 0.3) is 66.3 Å². The number of halogens is 1. The van der Waals surface area contributed by atoms with Crippen molar-refractivity contribution in [3.05, 3.63) is 133 Å². The van der Waals surface area contributed by atoms with Crippen LogP contribution >= 0.6 is 0 Å². The van der Waals surface area contributed by atoms with E-state index in [1.54, 1.807) is 0 Å². The summed E-state index contributed by atoms with van der Waals surface area (Å²) in [5.41, 5.74) is 8.21. The lowest BCUT2D eigenvalue weighted by molar-refractivity contribution is -0.345. The zero-order chi connectivity index (χ0) is 31.0. The Labute approximate surface area is 277 Å². The van der Waals surface area contributed by atoms with Crippen LogP contribution in [0.2, 0.25) is 0 Å². The Kier molecular flexibility index (Phi) is 6.60. The second kappa shape index (κ2) is 10.7. The molecule has 230 valence electrons. The summed E-state index contributed by atoms with van der Waals surface area (Å²) >= 11 is 0. The number of furan rings is 1. The molecule has 0 aliphatic rings. The number of aromatic nitrogens is 4. The van der Waals surface area contributed by atoms with Gasteiger partial charge in [0.25, 0.3) is 0 Å². The van der Waals surface area contributed by atoms with Crippen LogP contribution in [0.1, 0.15) is 26.3 Å². The Morgan fingerprint density at radius 1 is 0.660 bits per heavy atom. The lowest BCUT2D eigenvalue weighted by atomic mass is 9.88. The maximum absolute atomic E-state index is 6.54. The van der Waals surface area contributed by atoms with Crippen molar-refractivity contribution in [1.29, 1.82) is 0 Å². The number of pyridine rings is 1. The van der Waals surface area contributed by atoms with Gasteiger partial charge in [-0.05, 0) is 59.5 Å². The number of hydrogen-bond donors (Lipinski definition) is 0. The third-order valence-electron chi connectivity index (χ3n) is 8.92. The third-order valence-corrected chi connectivity index (χ3v) is 8.92. The minimum Gasteiger partial charge on any atom is -1.00 e. The molecular weight excluding hydrogens is 604 g/mol. The van der Waals surface area contributed by atoms with E-state index in [4.69, 9.17) is 14.1 Å². The zero-order valence-electron chi connectivity index (χ0n) is 26.2. The molecule has 0 fully saturated rings. The highest BCUT2D eigenvalue weighted by Gasteiger charge is 2.20. The molecule has 6 nitrogen and oxygen atoms in total. The van der Waals surface area contributed by atoms with Gasteiger partial charge in [0.05, 0.1) is 11.0 Å². The van der Waals surface area contributed by atoms with Crippen LogP contribution in [0.15, 0.2) is 132 Å². The average Bonchev–Trinajstić information content (AvgIpc) is 3.74. The van der Waals surface area contributed by atoms with Crippen molar-refractivity contribution in [2.24, 2.45) is 0 Å². The summed E-state index contributed by atoms with van der Waals surface area (Å²) in [7, 11) is 0. The van der Waals surface area contributed by atoms with E-state index in [-0.39, 0.29) is 17.8 Å². The van der Waals surface area contributed by atoms with Crippen molar-refractivity contribution in [3.8, 4) is 23.0 Å². The molecule has 0 unspecified atom stereocenters. The molecule has 1 N–H and O–H groups in total. The van der Waals surface area contributed by atoms with Gasteiger partial charge in [-0.3, -0.25) is 4.57 Å². The van der Waals surface area contributed by atoms with E-state index >= 15 is 0 Å². The fourth-order valence-electron chi connectivity index (χ4n) is 6.59. The van der Waals surface area contributed by atoms with Crippen LogP contribution < -0.4 is 22.1 Å². The second-order valence-electron chi connectivity index (χ2n) is 12.9. The van der Waals surface area contributed by atoms with Gasteiger partial charge in [-0.2, -0.15) is 4.57 Å². The fourth-order valence-corrected chi connectivity index (χ4v) is 6.59. The Morgan fingerprint density at radius 2 is 1.45 bits per heavy atom. The van der Waals surface area contributed by atoms with E-state index in [1.807, 2.05) is 48.9 Å².